The summed E-state index contributed by atoms with van der Waals surface area (Å²) in [5, 5.41) is 0. The molecule has 1 heterocycles. The molecule has 0 saturated heterocycles. The average molecular weight is 210 g/mol. The number of anilines is 1. The van der Waals surface area contributed by atoms with Crippen LogP contribution >= 0.6 is 0 Å². The van der Waals surface area contributed by atoms with E-state index in [0.29, 0.717) is 18.5 Å². The predicted octanol–water partition coefficient (Wildman–Crippen LogP) is 0.151. The quantitative estimate of drug-likeness (QED) is 0.647. The van der Waals surface area contributed by atoms with Crippen LogP contribution in [0.2, 0.25) is 0 Å². The van der Waals surface area contributed by atoms with Gasteiger partial charge in [-0.3, -0.25) is 9.78 Å². The average Bonchev–Trinajstić information content (AvgIpc) is 2.07. The van der Waals surface area contributed by atoms with E-state index in [1.54, 1.807) is 0 Å². The molecule has 0 amide bonds. The van der Waals surface area contributed by atoms with Crippen molar-refractivity contribution >= 4 is 5.95 Å². The van der Waals surface area contributed by atoms with Gasteiger partial charge >= 0.3 is 0 Å². The fraction of sp³-hybridized carbons (Fsp3) is 0.600. The van der Waals surface area contributed by atoms with Crippen LogP contribution in [0.3, 0.4) is 0 Å². The maximum Gasteiger partial charge on any atom is 0.255 e. The van der Waals surface area contributed by atoms with Crippen LogP contribution in [0.25, 0.3) is 0 Å². The Kier molecular flexibility index (Phi) is 3.14. The molecular formula is C10H18N4O. The first-order valence-corrected chi connectivity index (χ1v) is 4.95. The van der Waals surface area contributed by atoms with Crippen LogP contribution in [-0.2, 0) is 11.8 Å². The highest BCUT2D eigenvalue weighted by Gasteiger charge is 2.22. The van der Waals surface area contributed by atoms with Crippen LogP contribution < -0.4 is 17.0 Å². The molecule has 5 N–H and O–H groups in total. The molecule has 0 aliphatic carbocycles. The van der Waals surface area contributed by atoms with E-state index >= 15 is 0 Å². The Morgan fingerprint density at radius 1 is 1.40 bits per heavy atom. The minimum atomic E-state index is -0.202. The van der Waals surface area contributed by atoms with Gasteiger partial charge in [0.25, 0.3) is 5.56 Å². The summed E-state index contributed by atoms with van der Waals surface area (Å²) < 4.78 is 0. The van der Waals surface area contributed by atoms with Gasteiger partial charge < -0.3 is 11.5 Å². The van der Waals surface area contributed by atoms with E-state index in [1.165, 1.54) is 0 Å². The topological polar surface area (TPSA) is 97.8 Å². The molecule has 1 rings (SSSR count). The summed E-state index contributed by atoms with van der Waals surface area (Å²) in [5.41, 5.74) is 12.0. The standard InChI is InChI=1S/C10H18N4O/c1-10(2,3)7-6(4-5-11)8(15)14-9(12)13-7/h4-5,11H2,1-3H3,(H3,12,13,14,15). The van der Waals surface area contributed by atoms with E-state index < -0.39 is 0 Å². The molecule has 0 aliphatic rings. The molecular weight excluding hydrogens is 192 g/mol. The Morgan fingerprint density at radius 3 is 2.47 bits per heavy atom. The summed E-state index contributed by atoms with van der Waals surface area (Å²) in [4.78, 5) is 18.3. The molecule has 0 saturated carbocycles. The van der Waals surface area contributed by atoms with Crippen molar-refractivity contribution in [1.82, 2.24) is 9.97 Å². The zero-order valence-electron chi connectivity index (χ0n) is 9.42. The molecule has 0 aliphatic heterocycles. The fourth-order valence-corrected chi connectivity index (χ4v) is 1.51. The largest absolute Gasteiger partial charge is 0.369 e. The van der Waals surface area contributed by atoms with Crippen molar-refractivity contribution in [3.05, 3.63) is 21.6 Å². The van der Waals surface area contributed by atoms with Crippen LogP contribution in [0, 0.1) is 0 Å². The van der Waals surface area contributed by atoms with Crippen molar-refractivity contribution in [2.24, 2.45) is 5.73 Å². The van der Waals surface area contributed by atoms with E-state index in [4.69, 9.17) is 11.5 Å². The lowest BCUT2D eigenvalue weighted by Crippen LogP contribution is -2.28. The summed E-state index contributed by atoms with van der Waals surface area (Å²) in [7, 11) is 0. The molecule has 0 atom stereocenters. The third-order valence-corrected chi connectivity index (χ3v) is 2.14. The Labute approximate surface area is 88.9 Å². The number of nitrogens with two attached hydrogens (primary N) is 2. The second-order valence-electron chi connectivity index (χ2n) is 4.57. The number of hydrogen-bond acceptors (Lipinski definition) is 4. The van der Waals surface area contributed by atoms with Crippen molar-refractivity contribution < 1.29 is 0 Å². The van der Waals surface area contributed by atoms with E-state index in [2.05, 4.69) is 9.97 Å². The van der Waals surface area contributed by atoms with Gasteiger partial charge in [-0.15, -0.1) is 0 Å². The van der Waals surface area contributed by atoms with Gasteiger partial charge in [0.2, 0.25) is 5.95 Å². The van der Waals surface area contributed by atoms with Gasteiger partial charge in [-0.05, 0) is 13.0 Å². The van der Waals surface area contributed by atoms with Crippen molar-refractivity contribution in [3.63, 3.8) is 0 Å². The monoisotopic (exact) mass is 210 g/mol. The zero-order chi connectivity index (χ0) is 11.6. The number of rotatable bonds is 2. The van der Waals surface area contributed by atoms with Gasteiger partial charge in [-0.25, -0.2) is 4.98 Å². The Morgan fingerprint density at radius 2 is 2.00 bits per heavy atom. The van der Waals surface area contributed by atoms with Crippen LogP contribution in [0.4, 0.5) is 5.95 Å². The third kappa shape index (κ3) is 2.56. The lowest BCUT2D eigenvalue weighted by molar-refractivity contribution is 0.557. The minimum absolute atomic E-state index is 0.158. The number of nitrogen functional groups attached to an aromatic ring is 1. The molecule has 0 bridgehead atoms. The summed E-state index contributed by atoms with van der Waals surface area (Å²) in [6.07, 6.45) is 0.523. The maximum atomic E-state index is 11.7. The molecule has 1 aromatic heterocycles. The van der Waals surface area contributed by atoms with E-state index in [9.17, 15) is 4.79 Å². The number of H-pyrrole nitrogens is 1. The lowest BCUT2D eigenvalue weighted by Gasteiger charge is -2.20. The minimum Gasteiger partial charge on any atom is -0.369 e. The zero-order valence-corrected chi connectivity index (χ0v) is 9.42. The fourth-order valence-electron chi connectivity index (χ4n) is 1.51. The maximum absolute atomic E-state index is 11.7. The summed E-state index contributed by atoms with van der Waals surface area (Å²) >= 11 is 0. The molecule has 84 valence electrons. The van der Waals surface area contributed by atoms with Crippen LogP contribution in [0.5, 0.6) is 0 Å². The molecule has 0 fully saturated rings. The molecule has 0 spiro atoms. The first-order chi connectivity index (χ1) is 6.86. The molecule has 5 heteroatoms. The molecule has 0 radical (unpaired) electrons. The molecule has 1 aromatic rings. The SMILES string of the molecule is CC(C)(C)c1nc(N)[nH]c(=O)c1CCN. The Hall–Kier alpha value is -1.36. The van der Waals surface area contributed by atoms with Crippen LogP contribution in [0.1, 0.15) is 32.0 Å². The highest BCUT2D eigenvalue weighted by atomic mass is 16.1. The third-order valence-electron chi connectivity index (χ3n) is 2.14. The highest BCUT2D eigenvalue weighted by molar-refractivity contribution is 5.30. The molecule has 15 heavy (non-hydrogen) atoms. The first kappa shape index (κ1) is 11.7. The van der Waals surface area contributed by atoms with Crippen molar-refractivity contribution in [2.75, 3.05) is 12.3 Å². The first-order valence-electron chi connectivity index (χ1n) is 4.95. The van der Waals surface area contributed by atoms with Crippen molar-refractivity contribution in [2.45, 2.75) is 32.6 Å². The predicted molar refractivity (Wildman–Crippen MR) is 60.7 cm³/mol. The number of aromatic nitrogens is 2. The summed E-state index contributed by atoms with van der Waals surface area (Å²) in [5.74, 6) is 0.158. The molecule has 5 nitrogen and oxygen atoms in total. The number of nitrogens with one attached hydrogen (secondary N) is 1. The molecule has 0 aromatic carbocycles. The smallest absolute Gasteiger partial charge is 0.255 e. The molecule has 0 unspecified atom stereocenters. The number of nitrogens with zero attached hydrogens (tertiary/aromatic N) is 1. The van der Waals surface area contributed by atoms with Gasteiger partial charge in [0, 0.05) is 11.0 Å². The van der Waals surface area contributed by atoms with Crippen LogP contribution in [-0.4, -0.2) is 16.5 Å². The highest BCUT2D eigenvalue weighted by Crippen LogP contribution is 2.22. The number of aromatic amines is 1. The lowest BCUT2D eigenvalue weighted by atomic mass is 9.88. The normalized spacial score (nSPS) is 11.7. The van der Waals surface area contributed by atoms with Crippen molar-refractivity contribution in [3.8, 4) is 0 Å². The van der Waals surface area contributed by atoms with Gasteiger partial charge in [0.1, 0.15) is 0 Å². The number of hydrogen-bond donors (Lipinski definition) is 3. The van der Waals surface area contributed by atoms with E-state index in [0.717, 1.165) is 5.69 Å². The second kappa shape index (κ2) is 4.02. The van der Waals surface area contributed by atoms with Crippen molar-refractivity contribution in [1.29, 1.82) is 0 Å². The Bertz CT molecular complexity index is 403. The summed E-state index contributed by atoms with van der Waals surface area (Å²) in [6, 6.07) is 0. The summed E-state index contributed by atoms with van der Waals surface area (Å²) in [6.45, 7) is 6.41. The van der Waals surface area contributed by atoms with Gasteiger partial charge in [0.15, 0.2) is 0 Å². The Balaban J connectivity index is 3.40. The van der Waals surface area contributed by atoms with Gasteiger partial charge in [0.05, 0.1) is 5.69 Å². The van der Waals surface area contributed by atoms with Gasteiger partial charge in [-0.2, -0.15) is 0 Å². The van der Waals surface area contributed by atoms with E-state index in [-0.39, 0.29) is 16.9 Å². The second-order valence-corrected chi connectivity index (χ2v) is 4.57. The van der Waals surface area contributed by atoms with Gasteiger partial charge in [-0.1, -0.05) is 20.8 Å². The van der Waals surface area contributed by atoms with E-state index in [1.807, 2.05) is 20.8 Å². The van der Waals surface area contributed by atoms with Crippen LogP contribution in [0.15, 0.2) is 4.79 Å².